The molecule has 4 heteroatoms. The quantitative estimate of drug-likeness (QED) is 0.763. The number of rotatable bonds is 2. The average molecular weight is 262 g/mol. The van der Waals surface area contributed by atoms with E-state index in [1.807, 2.05) is 6.92 Å². The summed E-state index contributed by atoms with van der Waals surface area (Å²) in [6, 6.07) is 5.93. The minimum absolute atomic E-state index is 0.0351. The molecule has 1 aromatic carbocycles. The Morgan fingerprint density at radius 1 is 1.37 bits per heavy atom. The zero-order valence-electron chi connectivity index (χ0n) is 11.7. The number of hydrogen-bond donors (Lipinski definition) is 3. The fourth-order valence-corrected chi connectivity index (χ4v) is 2.60. The Bertz CT molecular complexity index is 473. The van der Waals surface area contributed by atoms with Gasteiger partial charge in [0.15, 0.2) is 0 Å². The van der Waals surface area contributed by atoms with E-state index in [0.29, 0.717) is 11.6 Å². The Labute approximate surface area is 114 Å². The highest BCUT2D eigenvalue weighted by Gasteiger charge is 2.26. The zero-order valence-corrected chi connectivity index (χ0v) is 11.7. The van der Waals surface area contributed by atoms with E-state index in [-0.39, 0.29) is 23.7 Å². The van der Waals surface area contributed by atoms with Crippen LogP contribution in [0, 0.1) is 6.92 Å². The predicted octanol–water partition coefficient (Wildman–Crippen LogP) is 1.96. The number of carbonyl (C=O) groups excluding carboxylic acids is 1. The molecule has 1 saturated heterocycles. The minimum atomic E-state index is -0.200. The van der Waals surface area contributed by atoms with Crippen LogP contribution in [0.4, 0.5) is 0 Å². The van der Waals surface area contributed by atoms with Crippen molar-refractivity contribution in [3.63, 3.8) is 0 Å². The lowest BCUT2D eigenvalue weighted by molar-refractivity contribution is 0.0911. The summed E-state index contributed by atoms with van der Waals surface area (Å²) in [5.41, 5.74) is 1.32. The van der Waals surface area contributed by atoms with Crippen LogP contribution in [0.2, 0.25) is 0 Å². The van der Waals surface area contributed by atoms with Crippen LogP contribution in [0.15, 0.2) is 18.2 Å². The van der Waals surface area contributed by atoms with Gasteiger partial charge in [-0.15, -0.1) is 0 Å². The van der Waals surface area contributed by atoms with Gasteiger partial charge in [-0.25, -0.2) is 0 Å². The van der Waals surface area contributed by atoms with E-state index in [9.17, 15) is 9.90 Å². The molecule has 0 radical (unpaired) electrons. The summed E-state index contributed by atoms with van der Waals surface area (Å²) < 4.78 is 0. The molecule has 2 rings (SSSR count). The van der Waals surface area contributed by atoms with Gasteiger partial charge in [-0.1, -0.05) is 11.6 Å². The first-order valence-corrected chi connectivity index (χ1v) is 6.84. The fourth-order valence-electron chi connectivity index (χ4n) is 2.60. The number of aryl methyl sites for hydroxylation is 1. The number of piperidine rings is 1. The summed E-state index contributed by atoms with van der Waals surface area (Å²) in [4.78, 5) is 12.2. The molecular formula is C15H22N2O2. The van der Waals surface area contributed by atoms with Gasteiger partial charge in [0.05, 0.1) is 5.56 Å². The first kappa shape index (κ1) is 13.9. The van der Waals surface area contributed by atoms with E-state index in [1.54, 1.807) is 18.2 Å². The van der Waals surface area contributed by atoms with Crippen LogP contribution in [0.3, 0.4) is 0 Å². The van der Waals surface area contributed by atoms with E-state index in [1.165, 1.54) is 0 Å². The summed E-state index contributed by atoms with van der Waals surface area (Å²) in [5, 5.41) is 16.2. The number of phenolic OH excluding ortho intramolecular Hbond substituents is 1. The maximum absolute atomic E-state index is 12.2. The number of nitrogens with one attached hydrogen (secondary N) is 2. The van der Waals surface area contributed by atoms with Gasteiger partial charge in [0.25, 0.3) is 5.91 Å². The normalized spacial score (nSPS) is 27.0. The molecule has 3 atom stereocenters. The molecule has 104 valence electrons. The monoisotopic (exact) mass is 262 g/mol. The van der Waals surface area contributed by atoms with Crippen LogP contribution in [-0.2, 0) is 0 Å². The largest absolute Gasteiger partial charge is 0.507 e. The predicted molar refractivity (Wildman–Crippen MR) is 75.4 cm³/mol. The molecule has 0 bridgehead atoms. The van der Waals surface area contributed by atoms with Gasteiger partial charge in [0.2, 0.25) is 0 Å². The van der Waals surface area contributed by atoms with Crippen LogP contribution >= 0.6 is 0 Å². The van der Waals surface area contributed by atoms with Gasteiger partial charge >= 0.3 is 0 Å². The zero-order chi connectivity index (χ0) is 14.0. The molecule has 1 fully saturated rings. The molecule has 0 aliphatic carbocycles. The van der Waals surface area contributed by atoms with Gasteiger partial charge in [-0.3, -0.25) is 4.79 Å². The maximum Gasteiger partial charge on any atom is 0.255 e. The van der Waals surface area contributed by atoms with Gasteiger partial charge in [-0.05, 0) is 45.7 Å². The lowest BCUT2D eigenvalue weighted by Crippen LogP contribution is -2.54. The molecular weight excluding hydrogens is 240 g/mol. The summed E-state index contributed by atoms with van der Waals surface area (Å²) in [5.74, 6) is -0.165. The van der Waals surface area contributed by atoms with Gasteiger partial charge in [0.1, 0.15) is 5.75 Å². The molecule has 1 aliphatic rings. The molecule has 4 nitrogen and oxygen atoms in total. The van der Waals surface area contributed by atoms with Crippen molar-refractivity contribution < 1.29 is 9.90 Å². The Hall–Kier alpha value is -1.55. The van der Waals surface area contributed by atoms with Crippen LogP contribution in [0.5, 0.6) is 5.75 Å². The van der Waals surface area contributed by atoms with Crippen molar-refractivity contribution in [2.75, 3.05) is 0 Å². The molecule has 1 amide bonds. The topological polar surface area (TPSA) is 61.4 Å². The average Bonchev–Trinajstić information content (AvgIpc) is 2.35. The Morgan fingerprint density at radius 2 is 2.11 bits per heavy atom. The number of aromatic hydroxyl groups is 1. The van der Waals surface area contributed by atoms with Crippen molar-refractivity contribution in [1.29, 1.82) is 0 Å². The van der Waals surface area contributed by atoms with Crippen molar-refractivity contribution in [2.24, 2.45) is 0 Å². The second-order valence-corrected chi connectivity index (χ2v) is 5.53. The summed E-state index contributed by atoms with van der Waals surface area (Å²) >= 11 is 0. The molecule has 3 N–H and O–H groups in total. The summed E-state index contributed by atoms with van der Waals surface area (Å²) in [7, 11) is 0. The smallest absolute Gasteiger partial charge is 0.255 e. The van der Waals surface area contributed by atoms with E-state index < -0.39 is 0 Å². The molecule has 3 unspecified atom stereocenters. The number of phenols is 1. The van der Waals surface area contributed by atoms with Crippen molar-refractivity contribution in [2.45, 2.75) is 51.7 Å². The molecule has 0 spiro atoms. The Balaban J connectivity index is 2.06. The Kier molecular flexibility index (Phi) is 4.10. The van der Waals surface area contributed by atoms with Gasteiger partial charge in [0, 0.05) is 18.1 Å². The SMILES string of the molecule is Cc1ccc(O)c(C(=O)NC2CCC(C)NC2C)c1. The number of hydrogen-bond acceptors (Lipinski definition) is 3. The molecule has 1 aliphatic heterocycles. The fraction of sp³-hybridized carbons (Fsp3) is 0.533. The third kappa shape index (κ3) is 3.26. The van der Waals surface area contributed by atoms with Gasteiger partial charge in [-0.2, -0.15) is 0 Å². The standard InChI is InChI=1S/C15H22N2O2/c1-9-4-7-14(18)12(8-9)15(19)17-13-6-5-10(2)16-11(13)3/h4,7-8,10-11,13,16,18H,5-6H2,1-3H3,(H,17,19). The molecule has 1 aromatic rings. The lowest BCUT2D eigenvalue weighted by atomic mass is 9.95. The minimum Gasteiger partial charge on any atom is -0.507 e. The second-order valence-electron chi connectivity index (χ2n) is 5.53. The maximum atomic E-state index is 12.2. The van der Waals surface area contributed by atoms with E-state index >= 15 is 0 Å². The van der Waals surface area contributed by atoms with Crippen LogP contribution in [-0.4, -0.2) is 29.1 Å². The number of carbonyl (C=O) groups is 1. The number of amides is 1. The Morgan fingerprint density at radius 3 is 2.79 bits per heavy atom. The van der Waals surface area contributed by atoms with Crippen LogP contribution in [0.25, 0.3) is 0 Å². The van der Waals surface area contributed by atoms with Gasteiger partial charge < -0.3 is 15.7 Å². The highest BCUT2D eigenvalue weighted by Crippen LogP contribution is 2.19. The first-order valence-electron chi connectivity index (χ1n) is 6.84. The molecule has 1 heterocycles. The molecule has 0 aromatic heterocycles. The highest BCUT2D eigenvalue weighted by atomic mass is 16.3. The van der Waals surface area contributed by atoms with Crippen molar-refractivity contribution in [1.82, 2.24) is 10.6 Å². The summed E-state index contributed by atoms with van der Waals surface area (Å²) in [6.45, 7) is 6.14. The van der Waals surface area contributed by atoms with Crippen molar-refractivity contribution in [3.8, 4) is 5.75 Å². The third-order valence-corrected chi connectivity index (χ3v) is 3.77. The van der Waals surface area contributed by atoms with E-state index in [2.05, 4.69) is 24.5 Å². The van der Waals surface area contributed by atoms with E-state index in [0.717, 1.165) is 18.4 Å². The summed E-state index contributed by atoms with van der Waals surface area (Å²) in [6.07, 6.45) is 2.02. The second kappa shape index (κ2) is 5.61. The van der Waals surface area contributed by atoms with E-state index in [4.69, 9.17) is 0 Å². The van der Waals surface area contributed by atoms with Crippen LogP contribution in [0.1, 0.15) is 42.6 Å². The first-order chi connectivity index (χ1) is 8.97. The molecule has 19 heavy (non-hydrogen) atoms. The third-order valence-electron chi connectivity index (χ3n) is 3.77. The van der Waals surface area contributed by atoms with Crippen LogP contribution < -0.4 is 10.6 Å². The van der Waals surface area contributed by atoms with Crippen molar-refractivity contribution >= 4 is 5.91 Å². The highest BCUT2D eigenvalue weighted by molar-refractivity contribution is 5.97. The van der Waals surface area contributed by atoms with Crippen molar-refractivity contribution in [3.05, 3.63) is 29.3 Å². The lowest BCUT2D eigenvalue weighted by Gasteiger charge is -2.34. The number of benzene rings is 1. The molecule has 0 saturated carbocycles.